The van der Waals surface area contributed by atoms with Crippen molar-refractivity contribution in [2.24, 2.45) is 5.10 Å². The number of nitrogens with zero attached hydrogens (tertiary/aromatic N) is 3. The highest BCUT2D eigenvalue weighted by molar-refractivity contribution is 5.95. The van der Waals surface area contributed by atoms with Gasteiger partial charge in [-0.1, -0.05) is 6.92 Å². The van der Waals surface area contributed by atoms with Crippen molar-refractivity contribution in [2.45, 2.75) is 45.6 Å². The van der Waals surface area contributed by atoms with E-state index in [4.69, 9.17) is 4.74 Å². The molecule has 1 amide bonds. The van der Waals surface area contributed by atoms with Crippen molar-refractivity contribution in [3.63, 3.8) is 0 Å². The maximum Gasteiger partial charge on any atom is 0.272 e. The molecule has 1 unspecified atom stereocenters. The van der Waals surface area contributed by atoms with Crippen LogP contribution in [0.25, 0.3) is 0 Å². The first-order valence-corrected chi connectivity index (χ1v) is 9.60. The Morgan fingerprint density at radius 1 is 1.46 bits per heavy atom. The van der Waals surface area contributed by atoms with Gasteiger partial charge in [0.15, 0.2) is 0 Å². The van der Waals surface area contributed by atoms with Gasteiger partial charge in [-0.25, -0.2) is 5.43 Å². The van der Waals surface area contributed by atoms with Crippen molar-refractivity contribution in [1.29, 1.82) is 0 Å². The van der Waals surface area contributed by atoms with Crippen LogP contribution in [-0.2, 0) is 0 Å². The second-order valence-electron chi connectivity index (χ2n) is 7.76. The summed E-state index contributed by atoms with van der Waals surface area (Å²) >= 11 is 0. The summed E-state index contributed by atoms with van der Waals surface area (Å²) in [6.45, 7) is 9.94. The number of pyridine rings is 1. The molecular weight excluding hydrogens is 352 g/mol. The molecule has 0 fully saturated rings. The van der Waals surface area contributed by atoms with E-state index in [-0.39, 0.29) is 11.4 Å². The van der Waals surface area contributed by atoms with Crippen molar-refractivity contribution < 1.29 is 9.53 Å². The third-order valence-electron chi connectivity index (χ3n) is 5.35. The normalized spacial score (nSPS) is 18.0. The van der Waals surface area contributed by atoms with Crippen LogP contribution < -0.4 is 15.1 Å². The van der Waals surface area contributed by atoms with E-state index >= 15 is 0 Å². The third-order valence-corrected chi connectivity index (χ3v) is 5.35. The molecule has 0 saturated heterocycles. The van der Waals surface area contributed by atoms with Gasteiger partial charge in [-0.3, -0.25) is 9.78 Å². The minimum atomic E-state index is -0.298. The zero-order valence-corrected chi connectivity index (χ0v) is 17.2. The first-order chi connectivity index (χ1) is 13.4. The Balaban J connectivity index is 1.88. The van der Waals surface area contributed by atoms with Gasteiger partial charge >= 0.3 is 0 Å². The number of nitrogens with one attached hydrogen (secondary N) is 1. The van der Waals surface area contributed by atoms with E-state index in [1.807, 2.05) is 0 Å². The van der Waals surface area contributed by atoms with Crippen LogP contribution in [0, 0.1) is 0 Å². The average molecular weight is 380 g/mol. The molecule has 1 N–H and O–H groups in total. The predicted molar refractivity (Wildman–Crippen MR) is 112 cm³/mol. The number of ether oxygens (including phenoxy) is 1. The smallest absolute Gasteiger partial charge is 0.272 e. The van der Waals surface area contributed by atoms with Gasteiger partial charge in [0.05, 0.1) is 18.9 Å². The molecule has 1 aliphatic rings. The van der Waals surface area contributed by atoms with Crippen molar-refractivity contribution in [2.75, 3.05) is 18.6 Å². The molecule has 1 aromatic heterocycles. The number of methoxy groups -OCH3 is 1. The molecule has 1 atom stereocenters. The average Bonchev–Trinajstić information content (AvgIpc) is 2.68. The number of hydrogen-bond acceptors (Lipinski definition) is 5. The number of rotatable bonds is 5. The van der Waals surface area contributed by atoms with Crippen molar-refractivity contribution in [3.05, 3.63) is 53.3 Å². The fourth-order valence-corrected chi connectivity index (χ4v) is 4.13. The number of carbonyl (C=O) groups is 1. The molecule has 0 bridgehead atoms. The quantitative estimate of drug-likeness (QED) is 0.630. The number of carbonyl (C=O) groups excluding carboxylic acids is 1. The zero-order chi connectivity index (χ0) is 20.3. The van der Waals surface area contributed by atoms with E-state index in [1.54, 1.807) is 31.7 Å². The van der Waals surface area contributed by atoms with E-state index in [0.717, 1.165) is 24.3 Å². The second kappa shape index (κ2) is 8.00. The van der Waals surface area contributed by atoms with Gasteiger partial charge in [0.25, 0.3) is 5.91 Å². The van der Waals surface area contributed by atoms with Gasteiger partial charge in [-0.2, -0.15) is 5.10 Å². The van der Waals surface area contributed by atoms with Crippen LogP contribution in [0.1, 0.15) is 61.5 Å². The molecule has 0 spiro atoms. The summed E-state index contributed by atoms with van der Waals surface area (Å²) < 4.78 is 5.61. The molecule has 28 heavy (non-hydrogen) atoms. The number of anilines is 1. The topological polar surface area (TPSA) is 66.8 Å². The van der Waals surface area contributed by atoms with Crippen LogP contribution in [0.2, 0.25) is 0 Å². The van der Waals surface area contributed by atoms with Gasteiger partial charge in [-0.15, -0.1) is 0 Å². The van der Waals surface area contributed by atoms with Crippen molar-refractivity contribution in [3.8, 4) is 5.75 Å². The summed E-state index contributed by atoms with van der Waals surface area (Å²) in [7, 11) is 1.65. The van der Waals surface area contributed by atoms with Crippen LogP contribution >= 0.6 is 0 Å². The lowest BCUT2D eigenvalue weighted by Crippen LogP contribution is -2.48. The van der Waals surface area contributed by atoms with Crippen molar-refractivity contribution in [1.82, 2.24) is 10.4 Å². The molecule has 2 aromatic rings. The molecule has 0 aliphatic carbocycles. The number of hydrazone groups is 1. The maximum atomic E-state index is 12.1. The Kier molecular flexibility index (Phi) is 5.68. The summed E-state index contributed by atoms with van der Waals surface area (Å²) in [6, 6.07) is 7.62. The highest BCUT2D eigenvalue weighted by Crippen LogP contribution is 2.45. The SMILES string of the molecule is CCN1c2cc(OC)c(/C=N\NC(=O)c3cccnc3)cc2C(C)CC1(C)C. The van der Waals surface area contributed by atoms with Crippen LogP contribution in [0.3, 0.4) is 0 Å². The van der Waals surface area contributed by atoms with Crippen LogP contribution in [0.15, 0.2) is 41.8 Å². The minimum Gasteiger partial charge on any atom is -0.496 e. The van der Waals surface area contributed by atoms with Gasteiger partial charge in [0, 0.05) is 41.8 Å². The molecule has 6 nitrogen and oxygen atoms in total. The Morgan fingerprint density at radius 2 is 2.25 bits per heavy atom. The lowest BCUT2D eigenvalue weighted by Gasteiger charge is -2.47. The van der Waals surface area contributed by atoms with E-state index in [2.05, 4.69) is 60.2 Å². The molecule has 6 heteroatoms. The van der Waals surface area contributed by atoms with Crippen molar-refractivity contribution >= 4 is 17.8 Å². The molecule has 148 valence electrons. The minimum absolute atomic E-state index is 0.0967. The molecule has 0 radical (unpaired) electrons. The maximum absolute atomic E-state index is 12.1. The summed E-state index contributed by atoms with van der Waals surface area (Å²) in [5.74, 6) is 0.867. The third kappa shape index (κ3) is 3.86. The zero-order valence-electron chi connectivity index (χ0n) is 17.2. The van der Waals surface area contributed by atoms with Gasteiger partial charge < -0.3 is 9.64 Å². The summed E-state index contributed by atoms with van der Waals surface area (Å²) in [5.41, 5.74) is 6.44. The largest absolute Gasteiger partial charge is 0.496 e. The molecular formula is C22H28N4O2. The van der Waals surface area contributed by atoms with E-state index in [0.29, 0.717) is 11.5 Å². The fourth-order valence-electron chi connectivity index (χ4n) is 4.13. The Labute approximate surface area is 166 Å². The molecule has 3 rings (SSSR count). The number of aromatic nitrogens is 1. The standard InChI is InChI=1S/C22H28N4O2/c1-6-26-19-11-20(28-5)17(10-18(19)15(2)12-22(26,3)4)14-24-25-21(27)16-8-7-9-23-13-16/h7-11,13-15H,6,12H2,1-5H3,(H,25,27)/b24-14-. The predicted octanol–water partition coefficient (Wildman–Crippen LogP) is 3.97. The van der Waals surface area contributed by atoms with Gasteiger partial charge in [0.2, 0.25) is 0 Å². The van der Waals surface area contributed by atoms with E-state index in [1.165, 1.54) is 17.4 Å². The Hall–Kier alpha value is -2.89. The lowest BCUT2D eigenvalue weighted by molar-refractivity contribution is 0.0954. The molecule has 2 heterocycles. The molecule has 0 saturated carbocycles. The van der Waals surface area contributed by atoms with Gasteiger partial charge in [0.1, 0.15) is 5.75 Å². The number of hydrogen-bond donors (Lipinski definition) is 1. The van der Waals surface area contributed by atoms with E-state index in [9.17, 15) is 4.79 Å². The monoisotopic (exact) mass is 380 g/mol. The Bertz CT molecular complexity index is 878. The fraction of sp³-hybridized carbons (Fsp3) is 0.409. The van der Waals surface area contributed by atoms with Crippen LogP contribution in [0.4, 0.5) is 5.69 Å². The van der Waals surface area contributed by atoms with Crippen LogP contribution in [0.5, 0.6) is 5.75 Å². The molecule has 1 aromatic carbocycles. The first-order valence-electron chi connectivity index (χ1n) is 9.60. The summed E-state index contributed by atoms with van der Waals surface area (Å²) in [5, 5.41) is 4.12. The number of amides is 1. The highest BCUT2D eigenvalue weighted by Gasteiger charge is 2.36. The lowest BCUT2D eigenvalue weighted by atomic mass is 9.79. The van der Waals surface area contributed by atoms with Gasteiger partial charge in [-0.05, 0) is 56.9 Å². The molecule has 1 aliphatic heterocycles. The highest BCUT2D eigenvalue weighted by atomic mass is 16.5. The number of fused-ring (bicyclic) bond motifs is 1. The number of benzene rings is 1. The summed E-state index contributed by atoms with van der Waals surface area (Å²) in [6.07, 6.45) is 5.85. The van der Waals surface area contributed by atoms with E-state index < -0.39 is 0 Å². The van der Waals surface area contributed by atoms with Crippen LogP contribution in [-0.4, -0.2) is 36.3 Å². The first kappa shape index (κ1) is 19.9. The second-order valence-corrected chi connectivity index (χ2v) is 7.76. The Morgan fingerprint density at radius 3 is 2.89 bits per heavy atom. The summed E-state index contributed by atoms with van der Waals surface area (Å²) in [4.78, 5) is 18.5.